The Balaban J connectivity index is 2.29. The molecule has 0 aromatic heterocycles. The van der Waals surface area contributed by atoms with Crippen LogP contribution in [0.5, 0.6) is 5.75 Å². The molecular weight excluding hydrogens is 264 g/mol. The van der Waals surface area contributed by atoms with Crippen LogP contribution >= 0.6 is 0 Å². The van der Waals surface area contributed by atoms with Crippen molar-refractivity contribution in [2.75, 3.05) is 20.2 Å². The van der Waals surface area contributed by atoms with Gasteiger partial charge in [-0.15, -0.1) is 0 Å². The van der Waals surface area contributed by atoms with Crippen LogP contribution in [0.2, 0.25) is 0 Å². The highest BCUT2D eigenvalue weighted by atomic mass is 16.6. The summed E-state index contributed by atoms with van der Waals surface area (Å²) in [5.74, 6) is -0.183. The molecule has 0 N–H and O–H groups in total. The highest BCUT2D eigenvalue weighted by Gasteiger charge is 2.25. The molecule has 0 radical (unpaired) electrons. The lowest BCUT2D eigenvalue weighted by Gasteiger charge is -2.26. The number of ether oxygens (including phenoxy) is 1. The minimum Gasteiger partial charge on any atom is -0.496 e. The minimum absolute atomic E-state index is 0.0190. The van der Waals surface area contributed by atoms with Crippen LogP contribution in [0.15, 0.2) is 18.2 Å². The Hall–Kier alpha value is -2.44. The second kappa shape index (κ2) is 5.68. The molecule has 1 aliphatic heterocycles. The van der Waals surface area contributed by atoms with Crippen molar-refractivity contribution in [2.24, 2.45) is 0 Å². The number of nitro benzene ring substituents is 1. The lowest BCUT2D eigenvalue weighted by molar-refractivity contribution is -0.384. The Morgan fingerprint density at radius 3 is 2.80 bits per heavy atom. The molecule has 1 aliphatic rings. The molecule has 1 heterocycles. The van der Waals surface area contributed by atoms with Crippen molar-refractivity contribution in [1.29, 1.82) is 0 Å². The quantitative estimate of drug-likeness (QED) is 0.616. The fourth-order valence-electron chi connectivity index (χ4n) is 2.15. The number of nitrogens with zero attached hydrogens (tertiary/aromatic N) is 2. The largest absolute Gasteiger partial charge is 0.496 e. The number of methoxy groups -OCH3 is 1. The van der Waals surface area contributed by atoms with Gasteiger partial charge in [0.1, 0.15) is 5.75 Å². The molecule has 1 aromatic carbocycles. The first-order chi connectivity index (χ1) is 9.52. The standard InChI is InChI=1S/C13H14N2O5/c1-20-12-7-9(15(18)19)4-5-11(12)13(17)14-6-2-3-10(16)8-14/h4-5,7H,2-3,6,8H2,1H3. The number of amides is 1. The molecule has 7 heteroatoms. The number of benzene rings is 1. The number of nitro groups is 1. The minimum atomic E-state index is -0.554. The number of carbonyl (C=O) groups excluding carboxylic acids is 2. The normalized spacial score (nSPS) is 15.1. The fourth-order valence-corrected chi connectivity index (χ4v) is 2.15. The Morgan fingerprint density at radius 2 is 2.20 bits per heavy atom. The summed E-state index contributed by atoms with van der Waals surface area (Å²) in [6.07, 6.45) is 1.13. The van der Waals surface area contributed by atoms with Crippen molar-refractivity contribution in [3.63, 3.8) is 0 Å². The van der Waals surface area contributed by atoms with E-state index in [-0.39, 0.29) is 35.2 Å². The molecule has 106 valence electrons. The van der Waals surface area contributed by atoms with Gasteiger partial charge in [0.25, 0.3) is 11.6 Å². The maximum absolute atomic E-state index is 12.3. The summed E-state index contributed by atoms with van der Waals surface area (Å²) in [6, 6.07) is 3.82. The number of hydrogen-bond donors (Lipinski definition) is 0. The Bertz CT molecular complexity index is 570. The van der Waals surface area contributed by atoms with E-state index in [0.29, 0.717) is 19.4 Å². The number of carbonyl (C=O) groups is 2. The SMILES string of the molecule is COc1cc([N+](=O)[O-])ccc1C(=O)N1CCCC(=O)C1. The van der Waals surface area contributed by atoms with Crippen molar-refractivity contribution < 1.29 is 19.2 Å². The van der Waals surface area contributed by atoms with Crippen LogP contribution in [0.1, 0.15) is 23.2 Å². The van der Waals surface area contributed by atoms with Gasteiger partial charge in [-0.05, 0) is 12.5 Å². The zero-order valence-electron chi connectivity index (χ0n) is 11.0. The van der Waals surface area contributed by atoms with Crippen LogP contribution in [0.25, 0.3) is 0 Å². The summed E-state index contributed by atoms with van der Waals surface area (Å²) in [5.41, 5.74) is 0.0842. The molecule has 1 saturated heterocycles. The zero-order chi connectivity index (χ0) is 14.7. The van der Waals surface area contributed by atoms with E-state index in [1.165, 1.54) is 30.2 Å². The van der Waals surface area contributed by atoms with Gasteiger partial charge < -0.3 is 9.64 Å². The number of Topliss-reactive ketones (excluding diaryl/α,β-unsaturated/α-hetero) is 1. The summed E-state index contributed by atoms with van der Waals surface area (Å²) in [4.78, 5) is 35.3. The van der Waals surface area contributed by atoms with E-state index in [0.717, 1.165) is 0 Å². The Labute approximate surface area is 115 Å². The second-order valence-corrected chi connectivity index (χ2v) is 4.51. The molecule has 0 atom stereocenters. The maximum Gasteiger partial charge on any atom is 0.273 e. The van der Waals surface area contributed by atoms with Gasteiger partial charge in [-0.25, -0.2) is 0 Å². The van der Waals surface area contributed by atoms with Crippen LogP contribution in [0, 0.1) is 10.1 Å². The Morgan fingerprint density at radius 1 is 1.45 bits per heavy atom. The van der Waals surface area contributed by atoms with Crippen molar-refractivity contribution >= 4 is 17.4 Å². The molecule has 20 heavy (non-hydrogen) atoms. The average molecular weight is 278 g/mol. The topological polar surface area (TPSA) is 89.8 Å². The maximum atomic E-state index is 12.3. The van der Waals surface area contributed by atoms with Gasteiger partial charge >= 0.3 is 0 Å². The summed E-state index contributed by atoms with van der Waals surface area (Å²) in [6.45, 7) is 0.587. The van der Waals surface area contributed by atoms with Crippen LogP contribution in [0.4, 0.5) is 5.69 Å². The van der Waals surface area contributed by atoms with Crippen molar-refractivity contribution in [1.82, 2.24) is 4.90 Å². The first kappa shape index (κ1) is 14.0. The molecule has 0 aliphatic carbocycles. The van der Waals surface area contributed by atoms with Crippen LogP contribution in [0.3, 0.4) is 0 Å². The molecule has 7 nitrogen and oxygen atoms in total. The van der Waals surface area contributed by atoms with Crippen molar-refractivity contribution in [3.8, 4) is 5.75 Å². The fraction of sp³-hybridized carbons (Fsp3) is 0.385. The van der Waals surface area contributed by atoms with E-state index in [4.69, 9.17) is 4.74 Å². The zero-order valence-corrected chi connectivity index (χ0v) is 11.0. The third-order valence-electron chi connectivity index (χ3n) is 3.16. The second-order valence-electron chi connectivity index (χ2n) is 4.51. The molecule has 1 aromatic rings. The van der Waals surface area contributed by atoms with E-state index in [2.05, 4.69) is 0 Å². The van der Waals surface area contributed by atoms with Crippen LogP contribution < -0.4 is 4.74 Å². The lowest BCUT2D eigenvalue weighted by atomic mass is 10.1. The van der Waals surface area contributed by atoms with E-state index < -0.39 is 4.92 Å². The van der Waals surface area contributed by atoms with Gasteiger partial charge in [-0.2, -0.15) is 0 Å². The average Bonchev–Trinajstić information content (AvgIpc) is 2.45. The van der Waals surface area contributed by atoms with Gasteiger partial charge in [0.2, 0.25) is 0 Å². The summed E-state index contributed by atoms with van der Waals surface area (Å²) < 4.78 is 5.04. The highest BCUT2D eigenvalue weighted by Crippen LogP contribution is 2.26. The van der Waals surface area contributed by atoms with Crippen molar-refractivity contribution in [2.45, 2.75) is 12.8 Å². The Kier molecular flexibility index (Phi) is 3.97. The third kappa shape index (κ3) is 2.76. The molecule has 1 fully saturated rings. The molecular formula is C13H14N2O5. The van der Waals surface area contributed by atoms with Gasteiger partial charge in [-0.1, -0.05) is 0 Å². The van der Waals surface area contributed by atoms with E-state index in [9.17, 15) is 19.7 Å². The predicted molar refractivity (Wildman–Crippen MR) is 69.8 cm³/mol. The molecule has 1 amide bonds. The number of ketones is 1. The first-order valence-electron chi connectivity index (χ1n) is 6.16. The van der Waals surface area contributed by atoms with E-state index in [1.807, 2.05) is 0 Å². The number of likely N-dealkylation sites (tertiary alicyclic amines) is 1. The summed E-state index contributed by atoms with van der Waals surface area (Å²) >= 11 is 0. The molecule has 0 bridgehead atoms. The molecule has 0 saturated carbocycles. The summed E-state index contributed by atoms with van der Waals surface area (Å²) in [7, 11) is 1.34. The third-order valence-corrected chi connectivity index (χ3v) is 3.16. The van der Waals surface area contributed by atoms with Crippen LogP contribution in [-0.4, -0.2) is 41.7 Å². The monoisotopic (exact) mass is 278 g/mol. The molecule has 0 unspecified atom stereocenters. The summed E-state index contributed by atoms with van der Waals surface area (Å²) in [5, 5.41) is 10.7. The van der Waals surface area contributed by atoms with Crippen LogP contribution in [-0.2, 0) is 4.79 Å². The first-order valence-corrected chi connectivity index (χ1v) is 6.16. The van der Waals surface area contributed by atoms with Gasteiger partial charge in [0.15, 0.2) is 5.78 Å². The number of hydrogen-bond acceptors (Lipinski definition) is 5. The highest BCUT2D eigenvalue weighted by molar-refractivity contribution is 5.99. The smallest absolute Gasteiger partial charge is 0.273 e. The van der Waals surface area contributed by atoms with Gasteiger partial charge in [0.05, 0.1) is 30.2 Å². The number of non-ortho nitro benzene ring substituents is 1. The van der Waals surface area contributed by atoms with Crippen molar-refractivity contribution in [3.05, 3.63) is 33.9 Å². The van der Waals surface area contributed by atoms with E-state index in [1.54, 1.807) is 0 Å². The number of piperidine rings is 1. The van der Waals surface area contributed by atoms with E-state index >= 15 is 0 Å². The molecule has 0 spiro atoms. The predicted octanol–water partition coefficient (Wildman–Crippen LogP) is 1.41. The van der Waals surface area contributed by atoms with Gasteiger partial charge in [-0.3, -0.25) is 19.7 Å². The number of rotatable bonds is 3. The molecule has 2 rings (SSSR count). The lowest BCUT2D eigenvalue weighted by Crippen LogP contribution is -2.40. The van der Waals surface area contributed by atoms with Gasteiger partial charge in [0, 0.05) is 19.0 Å².